The van der Waals surface area contributed by atoms with E-state index in [2.05, 4.69) is 9.97 Å². The fourth-order valence-corrected chi connectivity index (χ4v) is 2.23. The molecule has 2 rings (SSSR count). The summed E-state index contributed by atoms with van der Waals surface area (Å²) in [6.45, 7) is 6.62. The molecule has 0 bridgehead atoms. The van der Waals surface area contributed by atoms with E-state index < -0.39 is 11.4 Å². The minimum Gasteiger partial charge on any atom is -0.481 e. The molecule has 1 unspecified atom stereocenters. The lowest BCUT2D eigenvalue weighted by molar-refractivity contribution is -0.146. The van der Waals surface area contributed by atoms with Gasteiger partial charge < -0.3 is 15.0 Å². The second-order valence-corrected chi connectivity index (χ2v) is 5.68. The molecule has 1 aromatic heterocycles. The van der Waals surface area contributed by atoms with Crippen LogP contribution in [-0.2, 0) is 4.79 Å². The zero-order valence-corrected chi connectivity index (χ0v) is 11.4. The first-order valence-corrected chi connectivity index (χ1v) is 6.41. The predicted molar refractivity (Wildman–Crippen MR) is 71.5 cm³/mol. The van der Waals surface area contributed by atoms with Crippen LogP contribution < -0.4 is 10.5 Å². The van der Waals surface area contributed by atoms with Crippen LogP contribution >= 0.6 is 0 Å². The third-order valence-electron chi connectivity index (χ3n) is 3.61. The molecule has 1 atom stereocenters. The highest BCUT2D eigenvalue weighted by molar-refractivity contribution is 5.76. The maximum atomic E-state index is 11.6. The molecule has 19 heavy (non-hydrogen) atoms. The Bertz CT molecular complexity index is 552. The molecule has 1 fully saturated rings. The largest absolute Gasteiger partial charge is 0.481 e. The van der Waals surface area contributed by atoms with Crippen molar-refractivity contribution in [1.82, 2.24) is 9.97 Å². The summed E-state index contributed by atoms with van der Waals surface area (Å²) in [6, 6.07) is 1.43. The Labute approximate surface area is 111 Å². The van der Waals surface area contributed by atoms with Crippen LogP contribution in [0.2, 0.25) is 0 Å². The highest BCUT2D eigenvalue weighted by Crippen LogP contribution is 2.32. The highest BCUT2D eigenvalue weighted by Gasteiger charge is 2.41. The van der Waals surface area contributed by atoms with Gasteiger partial charge in [-0.2, -0.15) is 0 Å². The molecule has 1 aromatic rings. The van der Waals surface area contributed by atoms with Crippen LogP contribution in [0, 0.1) is 5.41 Å². The van der Waals surface area contributed by atoms with E-state index in [1.54, 1.807) is 6.92 Å². The van der Waals surface area contributed by atoms with Crippen molar-refractivity contribution in [1.29, 1.82) is 0 Å². The minimum atomic E-state index is -0.802. The molecule has 6 heteroatoms. The van der Waals surface area contributed by atoms with Crippen molar-refractivity contribution in [2.24, 2.45) is 5.41 Å². The number of carboxylic acid groups (broad SMARTS) is 1. The molecule has 104 valence electrons. The zero-order chi connectivity index (χ0) is 14.2. The number of aliphatic carboxylic acids is 1. The van der Waals surface area contributed by atoms with Gasteiger partial charge in [0.05, 0.1) is 5.41 Å². The fourth-order valence-electron chi connectivity index (χ4n) is 2.23. The summed E-state index contributed by atoms with van der Waals surface area (Å²) in [5.74, 6) is 0.522. The van der Waals surface area contributed by atoms with Crippen molar-refractivity contribution in [2.75, 3.05) is 18.0 Å². The number of carboxylic acids is 1. The molecule has 6 nitrogen and oxygen atoms in total. The van der Waals surface area contributed by atoms with E-state index in [1.165, 1.54) is 6.07 Å². The van der Waals surface area contributed by atoms with Gasteiger partial charge in [0.1, 0.15) is 11.6 Å². The summed E-state index contributed by atoms with van der Waals surface area (Å²) >= 11 is 0. The Kier molecular flexibility index (Phi) is 3.34. The molecule has 0 amide bonds. The lowest BCUT2D eigenvalue weighted by atomic mass is 9.90. The molecule has 1 aliphatic heterocycles. The molecular formula is C13H19N3O3. The van der Waals surface area contributed by atoms with Crippen LogP contribution in [0.1, 0.15) is 38.9 Å². The van der Waals surface area contributed by atoms with E-state index >= 15 is 0 Å². The summed E-state index contributed by atoms with van der Waals surface area (Å²) in [6.07, 6.45) is 0.563. The van der Waals surface area contributed by atoms with Crippen molar-refractivity contribution < 1.29 is 9.90 Å². The Balaban J connectivity index is 2.29. The third-order valence-corrected chi connectivity index (χ3v) is 3.61. The quantitative estimate of drug-likeness (QED) is 0.857. The second-order valence-electron chi connectivity index (χ2n) is 5.68. The predicted octanol–water partition coefficient (Wildman–Crippen LogP) is 1.19. The van der Waals surface area contributed by atoms with Crippen molar-refractivity contribution >= 4 is 11.8 Å². The Hall–Kier alpha value is -1.85. The van der Waals surface area contributed by atoms with E-state index in [9.17, 15) is 14.7 Å². The first-order chi connectivity index (χ1) is 8.82. The number of nitrogens with zero attached hydrogens (tertiary/aromatic N) is 2. The normalized spacial score (nSPS) is 23.1. The van der Waals surface area contributed by atoms with Crippen LogP contribution in [-0.4, -0.2) is 34.1 Å². The number of H-pyrrole nitrogens is 1. The van der Waals surface area contributed by atoms with E-state index in [1.807, 2.05) is 18.7 Å². The van der Waals surface area contributed by atoms with Gasteiger partial charge in [0.15, 0.2) is 0 Å². The molecule has 1 aliphatic rings. The molecule has 0 aliphatic carbocycles. The van der Waals surface area contributed by atoms with Gasteiger partial charge in [-0.1, -0.05) is 13.8 Å². The maximum Gasteiger partial charge on any atom is 0.311 e. The monoisotopic (exact) mass is 265 g/mol. The average Bonchev–Trinajstić information content (AvgIpc) is 2.72. The first kappa shape index (κ1) is 13.6. The lowest BCUT2D eigenvalue weighted by Crippen LogP contribution is -2.32. The molecule has 0 aromatic carbocycles. The Morgan fingerprint density at radius 2 is 2.26 bits per heavy atom. The van der Waals surface area contributed by atoms with Crippen molar-refractivity contribution in [3.63, 3.8) is 0 Å². The maximum absolute atomic E-state index is 11.6. The molecule has 0 radical (unpaired) electrons. The lowest BCUT2D eigenvalue weighted by Gasteiger charge is -2.21. The smallest absolute Gasteiger partial charge is 0.311 e. The standard InChI is InChI=1S/C13H19N3O3/c1-8(2)11-14-9(6-10(17)15-11)16-5-4-13(3,7-16)12(18)19/h6,8H,4-5,7H2,1-3H3,(H,18,19)(H,14,15,17). The molecule has 1 saturated heterocycles. The van der Waals surface area contributed by atoms with Crippen molar-refractivity contribution in [3.05, 3.63) is 22.2 Å². The Morgan fingerprint density at radius 3 is 2.79 bits per heavy atom. The summed E-state index contributed by atoms with van der Waals surface area (Å²) in [7, 11) is 0. The van der Waals surface area contributed by atoms with Crippen LogP contribution in [0.15, 0.2) is 10.9 Å². The molecule has 0 spiro atoms. The number of aromatic amines is 1. The van der Waals surface area contributed by atoms with E-state index in [-0.39, 0.29) is 11.5 Å². The first-order valence-electron chi connectivity index (χ1n) is 6.41. The molecule has 2 N–H and O–H groups in total. The number of rotatable bonds is 3. The number of aromatic nitrogens is 2. The summed E-state index contributed by atoms with van der Waals surface area (Å²) in [4.78, 5) is 31.8. The number of nitrogens with one attached hydrogen (secondary N) is 1. The fraction of sp³-hybridized carbons (Fsp3) is 0.615. The van der Waals surface area contributed by atoms with Crippen molar-refractivity contribution in [3.8, 4) is 0 Å². The van der Waals surface area contributed by atoms with E-state index in [0.29, 0.717) is 31.2 Å². The van der Waals surface area contributed by atoms with E-state index in [4.69, 9.17) is 0 Å². The van der Waals surface area contributed by atoms with Gasteiger partial charge in [-0.3, -0.25) is 9.59 Å². The van der Waals surface area contributed by atoms with Crippen LogP contribution in [0.25, 0.3) is 0 Å². The van der Waals surface area contributed by atoms with Crippen LogP contribution in [0.4, 0.5) is 5.82 Å². The van der Waals surface area contributed by atoms with E-state index in [0.717, 1.165) is 0 Å². The van der Waals surface area contributed by atoms with Gasteiger partial charge in [-0.25, -0.2) is 4.98 Å². The second kappa shape index (κ2) is 4.68. The number of anilines is 1. The SMILES string of the molecule is CC(C)c1nc(N2CCC(C)(C(=O)O)C2)cc(=O)[nH]1. The summed E-state index contributed by atoms with van der Waals surface area (Å²) < 4.78 is 0. The summed E-state index contributed by atoms with van der Waals surface area (Å²) in [5.41, 5.74) is -0.958. The van der Waals surface area contributed by atoms with Crippen molar-refractivity contribution in [2.45, 2.75) is 33.1 Å². The van der Waals surface area contributed by atoms with Gasteiger partial charge in [0, 0.05) is 25.1 Å². The number of carbonyl (C=O) groups is 1. The third kappa shape index (κ3) is 2.62. The highest BCUT2D eigenvalue weighted by atomic mass is 16.4. The minimum absolute atomic E-state index is 0.126. The van der Waals surface area contributed by atoms with Gasteiger partial charge in [-0.15, -0.1) is 0 Å². The average molecular weight is 265 g/mol. The van der Waals surface area contributed by atoms with Crippen LogP contribution in [0.5, 0.6) is 0 Å². The Morgan fingerprint density at radius 1 is 1.58 bits per heavy atom. The topological polar surface area (TPSA) is 86.3 Å². The van der Waals surface area contributed by atoms with Crippen LogP contribution in [0.3, 0.4) is 0 Å². The zero-order valence-electron chi connectivity index (χ0n) is 11.4. The summed E-state index contributed by atoms with van der Waals surface area (Å²) in [5, 5.41) is 9.22. The van der Waals surface area contributed by atoms with Gasteiger partial charge in [-0.05, 0) is 13.3 Å². The molecular weight excluding hydrogens is 246 g/mol. The molecule has 0 saturated carbocycles. The molecule has 2 heterocycles. The number of hydrogen-bond donors (Lipinski definition) is 2. The van der Waals surface area contributed by atoms with Gasteiger partial charge >= 0.3 is 5.97 Å². The van der Waals surface area contributed by atoms with Gasteiger partial charge in [0.2, 0.25) is 0 Å². The number of hydrogen-bond acceptors (Lipinski definition) is 4. The van der Waals surface area contributed by atoms with Gasteiger partial charge in [0.25, 0.3) is 5.56 Å².